The zero-order chi connectivity index (χ0) is 12.1. The Morgan fingerprint density at radius 3 is 3.12 bits per heavy atom. The summed E-state index contributed by atoms with van der Waals surface area (Å²) in [4.78, 5) is 13.2. The number of nitrogens with two attached hydrogens (primary N) is 1. The Labute approximate surface area is 105 Å². The SMILES string of the molecule is NC/C=C/CNC(=O)C1CSc2ccccc21. The van der Waals surface area contributed by atoms with E-state index in [0.29, 0.717) is 13.1 Å². The first-order valence-corrected chi connectivity index (χ1v) is 6.66. The first-order chi connectivity index (χ1) is 8.33. The third-order valence-corrected chi connectivity index (χ3v) is 3.90. The minimum absolute atomic E-state index is 0.0116. The fourth-order valence-electron chi connectivity index (χ4n) is 1.84. The maximum Gasteiger partial charge on any atom is 0.228 e. The van der Waals surface area contributed by atoms with Gasteiger partial charge in [-0.15, -0.1) is 11.8 Å². The molecule has 17 heavy (non-hydrogen) atoms. The summed E-state index contributed by atoms with van der Waals surface area (Å²) in [6, 6.07) is 8.10. The van der Waals surface area contributed by atoms with E-state index in [4.69, 9.17) is 5.73 Å². The minimum Gasteiger partial charge on any atom is -0.352 e. The van der Waals surface area contributed by atoms with Gasteiger partial charge in [0, 0.05) is 23.7 Å². The van der Waals surface area contributed by atoms with Crippen molar-refractivity contribution in [1.29, 1.82) is 0 Å². The second-order valence-corrected chi connectivity index (χ2v) is 4.92. The van der Waals surface area contributed by atoms with Gasteiger partial charge in [0.2, 0.25) is 5.91 Å². The fraction of sp³-hybridized carbons (Fsp3) is 0.308. The van der Waals surface area contributed by atoms with E-state index in [1.54, 1.807) is 11.8 Å². The minimum atomic E-state index is -0.0116. The van der Waals surface area contributed by atoms with Crippen molar-refractivity contribution in [1.82, 2.24) is 5.32 Å². The van der Waals surface area contributed by atoms with Crippen LogP contribution in [-0.4, -0.2) is 24.7 Å². The predicted molar refractivity (Wildman–Crippen MR) is 71.1 cm³/mol. The molecule has 0 radical (unpaired) electrons. The van der Waals surface area contributed by atoms with E-state index >= 15 is 0 Å². The molecule has 1 unspecified atom stereocenters. The highest BCUT2D eigenvalue weighted by atomic mass is 32.2. The number of hydrogen-bond donors (Lipinski definition) is 2. The van der Waals surface area contributed by atoms with Crippen LogP contribution in [0, 0.1) is 0 Å². The van der Waals surface area contributed by atoms with Gasteiger partial charge in [-0.3, -0.25) is 4.79 Å². The van der Waals surface area contributed by atoms with Crippen LogP contribution in [0.2, 0.25) is 0 Å². The Hall–Kier alpha value is -1.26. The molecule has 1 aromatic carbocycles. The van der Waals surface area contributed by atoms with Crippen molar-refractivity contribution in [2.75, 3.05) is 18.8 Å². The molecule has 0 saturated carbocycles. The molecule has 3 N–H and O–H groups in total. The smallest absolute Gasteiger partial charge is 0.228 e. The van der Waals surface area contributed by atoms with Crippen LogP contribution < -0.4 is 11.1 Å². The fourth-order valence-corrected chi connectivity index (χ4v) is 3.07. The van der Waals surface area contributed by atoms with E-state index in [1.165, 1.54) is 4.90 Å². The number of carbonyl (C=O) groups excluding carboxylic acids is 1. The standard InChI is InChI=1S/C13H16N2OS/c14-7-3-4-8-15-13(16)11-9-17-12-6-2-1-5-10(11)12/h1-6,11H,7-9,14H2,(H,15,16)/b4-3+. The summed E-state index contributed by atoms with van der Waals surface area (Å²) in [6.45, 7) is 1.07. The third kappa shape index (κ3) is 2.90. The van der Waals surface area contributed by atoms with Crippen LogP contribution in [-0.2, 0) is 4.79 Å². The third-order valence-electron chi connectivity index (χ3n) is 2.71. The molecular weight excluding hydrogens is 232 g/mol. The maximum absolute atomic E-state index is 12.0. The summed E-state index contributed by atoms with van der Waals surface area (Å²) in [5.41, 5.74) is 6.48. The molecule has 0 spiro atoms. The number of benzene rings is 1. The second kappa shape index (κ2) is 5.89. The lowest BCUT2D eigenvalue weighted by Gasteiger charge is -2.10. The van der Waals surface area contributed by atoms with Crippen LogP contribution in [0.1, 0.15) is 11.5 Å². The Balaban J connectivity index is 1.96. The van der Waals surface area contributed by atoms with Crippen LogP contribution in [0.4, 0.5) is 0 Å². The lowest BCUT2D eigenvalue weighted by Crippen LogP contribution is -2.29. The average Bonchev–Trinajstić information content (AvgIpc) is 2.78. The molecule has 4 heteroatoms. The molecule has 0 aromatic heterocycles. The molecule has 1 aromatic rings. The van der Waals surface area contributed by atoms with Crippen LogP contribution in [0.3, 0.4) is 0 Å². The predicted octanol–water partition coefficient (Wildman–Crippen LogP) is 1.51. The van der Waals surface area contributed by atoms with Gasteiger partial charge >= 0.3 is 0 Å². The van der Waals surface area contributed by atoms with E-state index in [2.05, 4.69) is 11.4 Å². The van der Waals surface area contributed by atoms with Gasteiger partial charge in [-0.1, -0.05) is 30.4 Å². The molecule has 1 aliphatic rings. The molecule has 1 aliphatic heterocycles. The van der Waals surface area contributed by atoms with E-state index in [9.17, 15) is 4.79 Å². The molecule has 90 valence electrons. The van der Waals surface area contributed by atoms with Gasteiger partial charge in [0.25, 0.3) is 0 Å². The van der Waals surface area contributed by atoms with E-state index < -0.39 is 0 Å². The molecule has 1 heterocycles. The molecule has 1 amide bonds. The molecule has 0 bridgehead atoms. The molecule has 0 aliphatic carbocycles. The van der Waals surface area contributed by atoms with Crippen molar-refractivity contribution < 1.29 is 4.79 Å². The number of nitrogens with one attached hydrogen (secondary N) is 1. The average molecular weight is 248 g/mol. The topological polar surface area (TPSA) is 55.1 Å². The summed E-state index contributed by atoms with van der Waals surface area (Å²) >= 11 is 1.75. The van der Waals surface area contributed by atoms with Gasteiger partial charge in [0.05, 0.1) is 5.92 Å². The first-order valence-electron chi connectivity index (χ1n) is 5.67. The Bertz CT molecular complexity index is 431. The Morgan fingerprint density at radius 1 is 1.47 bits per heavy atom. The van der Waals surface area contributed by atoms with Crippen LogP contribution in [0.5, 0.6) is 0 Å². The van der Waals surface area contributed by atoms with Crippen molar-refractivity contribution in [3.63, 3.8) is 0 Å². The highest BCUT2D eigenvalue weighted by Gasteiger charge is 2.28. The summed E-state index contributed by atoms with van der Waals surface area (Å²) in [5, 5.41) is 2.91. The summed E-state index contributed by atoms with van der Waals surface area (Å²) in [6.07, 6.45) is 3.73. The molecule has 0 fully saturated rings. The number of amides is 1. The van der Waals surface area contributed by atoms with Crippen molar-refractivity contribution in [3.05, 3.63) is 42.0 Å². The van der Waals surface area contributed by atoms with Crippen LogP contribution in [0.25, 0.3) is 0 Å². The second-order valence-electron chi connectivity index (χ2n) is 3.85. The summed E-state index contributed by atoms with van der Waals surface area (Å²) in [7, 11) is 0. The number of carbonyl (C=O) groups is 1. The number of rotatable bonds is 4. The molecule has 2 rings (SSSR count). The lowest BCUT2D eigenvalue weighted by molar-refractivity contribution is -0.121. The van der Waals surface area contributed by atoms with Gasteiger partial charge in [-0.25, -0.2) is 0 Å². The summed E-state index contributed by atoms with van der Waals surface area (Å²) < 4.78 is 0. The van der Waals surface area contributed by atoms with Gasteiger partial charge < -0.3 is 11.1 Å². The Kier molecular flexibility index (Phi) is 4.23. The van der Waals surface area contributed by atoms with E-state index in [-0.39, 0.29) is 11.8 Å². The maximum atomic E-state index is 12.0. The van der Waals surface area contributed by atoms with Crippen molar-refractivity contribution >= 4 is 17.7 Å². The monoisotopic (exact) mass is 248 g/mol. The highest BCUT2D eigenvalue weighted by molar-refractivity contribution is 7.99. The zero-order valence-electron chi connectivity index (χ0n) is 9.56. The van der Waals surface area contributed by atoms with Crippen LogP contribution >= 0.6 is 11.8 Å². The van der Waals surface area contributed by atoms with Gasteiger partial charge in [0.15, 0.2) is 0 Å². The zero-order valence-corrected chi connectivity index (χ0v) is 10.4. The van der Waals surface area contributed by atoms with Gasteiger partial charge in [0.1, 0.15) is 0 Å². The lowest BCUT2D eigenvalue weighted by atomic mass is 10.0. The van der Waals surface area contributed by atoms with E-state index in [1.807, 2.05) is 30.4 Å². The van der Waals surface area contributed by atoms with Crippen molar-refractivity contribution in [2.24, 2.45) is 5.73 Å². The molecule has 1 atom stereocenters. The Morgan fingerprint density at radius 2 is 2.29 bits per heavy atom. The van der Waals surface area contributed by atoms with Crippen molar-refractivity contribution in [3.8, 4) is 0 Å². The number of thioether (sulfide) groups is 1. The van der Waals surface area contributed by atoms with E-state index in [0.717, 1.165) is 11.3 Å². The highest BCUT2D eigenvalue weighted by Crippen LogP contribution is 2.39. The van der Waals surface area contributed by atoms with Crippen molar-refractivity contribution in [2.45, 2.75) is 10.8 Å². The van der Waals surface area contributed by atoms with Gasteiger partial charge in [-0.2, -0.15) is 0 Å². The normalized spacial score (nSPS) is 18.3. The van der Waals surface area contributed by atoms with Crippen LogP contribution in [0.15, 0.2) is 41.3 Å². The first kappa shape index (κ1) is 12.2. The van der Waals surface area contributed by atoms with Gasteiger partial charge in [-0.05, 0) is 11.6 Å². The number of fused-ring (bicyclic) bond motifs is 1. The summed E-state index contributed by atoms with van der Waals surface area (Å²) in [5.74, 6) is 0.929. The quantitative estimate of drug-likeness (QED) is 0.794. The molecule has 3 nitrogen and oxygen atoms in total. The largest absolute Gasteiger partial charge is 0.352 e. The molecule has 0 saturated heterocycles. The number of hydrogen-bond acceptors (Lipinski definition) is 3. The molecular formula is C13H16N2OS.